The fourth-order valence-corrected chi connectivity index (χ4v) is 2.97. The van der Waals surface area contributed by atoms with E-state index in [9.17, 15) is 9.90 Å². The Morgan fingerprint density at radius 1 is 1.33 bits per heavy atom. The molecule has 1 amide bonds. The summed E-state index contributed by atoms with van der Waals surface area (Å²) in [6.45, 7) is 7.64. The van der Waals surface area contributed by atoms with Gasteiger partial charge in [0.05, 0.1) is 30.0 Å². The van der Waals surface area contributed by atoms with Gasteiger partial charge in [-0.1, -0.05) is 6.92 Å². The topological polar surface area (TPSA) is 70.4 Å². The van der Waals surface area contributed by atoms with Crippen LogP contribution in [0.5, 0.6) is 0 Å². The summed E-state index contributed by atoms with van der Waals surface area (Å²) in [7, 11) is 3.56. The number of carbonyl (C=O) groups is 1. The number of nitrogens with one attached hydrogen (secondary N) is 1. The van der Waals surface area contributed by atoms with Crippen LogP contribution in [-0.4, -0.2) is 58.8 Å². The largest absolute Gasteiger partial charge is 0.390 e. The van der Waals surface area contributed by atoms with Crippen LogP contribution >= 0.6 is 0 Å². The molecule has 2 unspecified atom stereocenters. The van der Waals surface area contributed by atoms with E-state index in [-0.39, 0.29) is 11.8 Å². The molecule has 1 aromatic heterocycles. The molecule has 2 N–H and O–H groups in total. The first-order valence-corrected chi connectivity index (χ1v) is 8.32. The van der Waals surface area contributed by atoms with E-state index in [0.717, 1.165) is 11.0 Å². The second-order valence-corrected chi connectivity index (χ2v) is 6.71. The maximum absolute atomic E-state index is 11.6. The maximum Gasteiger partial charge on any atom is 0.223 e. The molecule has 0 aliphatic rings. The van der Waals surface area contributed by atoms with Crippen molar-refractivity contribution in [3.63, 3.8) is 0 Å². The van der Waals surface area contributed by atoms with Gasteiger partial charge in [0.25, 0.3) is 0 Å². The zero-order chi connectivity index (χ0) is 17.9. The second kappa shape index (κ2) is 7.77. The first-order chi connectivity index (χ1) is 11.3. The van der Waals surface area contributed by atoms with Gasteiger partial charge in [0.2, 0.25) is 5.91 Å². The lowest BCUT2D eigenvalue weighted by molar-refractivity contribution is -0.124. The van der Waals surface area contributed by atoms with Crippen LogP contribution in [0.15, 0.2) is 18.5 Å². The normalized spacial score (nSPS) is 14.1. The van der Waals surface area contributed by atoms with Crippen molar-refractivity contribution < 1.29 is 9.90 Å². The Bertz CT molecular complexity index is 710. The average Bonchev–Trinajstić information content (AvgIpc) is 2.88. The first kappa shape index (κ1) is 18.4. The summed E-state index contributed by atoms with van der Waals surface area (Å²) in [5.74, 6) is -0.0883. The van der Waals surface area contributed by atoms with Gasteiger partial charge in [-0.3, -0.25) is 4.79 Å². The molecular weight excluding hydrogens is 304 g/mol. The monoisotopic (exact) mass is 332 g/mol. The van der Waals surface area contributed by atoms with Crippen LogP contribution in [0.3, 0.4) is 0 Å². The Kier molecular flexibility index (Phi) is 5.96. The van der Waals surface area contributed by atoms with Crippen LogP contribution < -0.4 is 5.32 Å². The van der Waals surface area contributed by atoms with Gasteiger partial charge in [-0.25, -0.2) is 4.98 Å². The molecule has 6 nitrogen and oxygen atoms in total. The lowest BCUT2D eigenvalue weighted by Crippen LogP contribution is -2.38. The van der Waals surface area contributed by atoms with Crippen LogP contribution in [0.4, 0.5) is 0 Å². The number of aryl methyl sites for hydroxylation is 2. The summed E-state index contributed by atoms with van der Waals surface area (Å²) in [4.78, 5) is 18.0. The van der Waals surface area contributed by atoms with Crippen molar-refractivity contribution in [2.24, 2.45) is 5.92 Å². The number of aliphatic hydroxyl groups excluding tert-OH is 1. The average molecular weight is 332 g/mol. The van der Waals surface area contributed by atoms with E-state index in [1.54, 1.807) is 13.4 Å². The third-order valence-corrected chi connectivity index (χ3v) is 4.45. The second-order valence-electron chi connectivity index (χ2n) is 6.71. The molecule has 0 fully saturated rings. The zero-order valence-corrected chi connectivity index (χ0v) is 15.2. The SMILES string of the molecule is CNC(=O)C(C)CN(C)CC(O)Cn1cnc2cc(C)c(C)cc21. The van der Waals surface area contributed by atoms with E-state index in [1.807, 2.05) is 23.4 Å². The molecule has 24 heavy (non-hydrogen) atoms. The Morgan fingerprint density at radius 2 is 2.00 bits per heavy atom. The van der Waals surface area contributed by atoms with E-state index in [4.69, 9.17) is 0 Å². The van der Waals surface area contributed by atoms with Crippen molar-refractivity contribution in [1.29, 1.82) is 0 Å². The molecule has 0 bridgehead atoms. The molecule has 0 saturated carbocycles. The van der Waals surface area contributed by atoms with Crippen LogP contribution in [0, 0.1) is 19.8 Å². The van der Waals surface area contributed by atoms with Crippen molar-refractivity contribution in [2.75, 3.05) is 27.2 Å². The van der Waals surface area contributed by atoms with Crippen molar-refractivity contribution >= 4 is 16.9 Å². The third-order valence-electron chi connectivity index (χ3n) is 4.45. The van der Waals surface area contributed by atoms with Crippen LogP contribution in [0.1, 0.15) is 18.1 Å². The number of nitrogens with zero attached hydrogens (tertiary/aromatic N) is 3. The third kappa shape index (κ3) is 4.33. The Labute approximate surface area is 143 Å². The van der Waals surface area contributed by atoms with Crippen molar-refractivity contribution in [3.05, 3.63) is 29.6 Å². The molecule has 1 aromatic carbocycles. The lowest BCUT2D eigenvalue weighted by atomic mass is 10.1. The predicted octanol–water partition coefficient (Wildman–Crippen LogP) is 1.33. The van der Waals surface area contributed by atoms with Crippen molar-refractivity contribution in [2.45, 2.75) is 33.4 Å². The number of rotatable bonds is 7. The van der Waals surface area contributed by atoms with E-state index < -0.39 is 6.10 Å². The lowest BCUT2D eigenvalue weighted by Gasteiger charge is -2.23. The molecule has 132 valence electrons. The highest BCUT2D eigenvalue weighted by Crippen LogP contribution is 2.18. The van der Waals surface area contributed by atoms with Gasteiger partial charge in [0, 0.05) is 26.1 Å². The molecule has 0 radical (unpaired) electrons. The van der Waals surface area contributed by atoms with Gasteiger partial charge in [-0.15, -0.1) is 0 Å². The van der Waals surface area contributed by atoms with Crippen molar-refractivity contribution in [1.82, 2.24) is 19.8 Å². The number of likely N-dealkylation sites (N-methyl/N-ethyl adjacent to an activating group) is 1. The molecule has 0 spiro atoms. The minimum absolute atomic E-state index is 0.0165. The molecule has 2 rings (SSSR count). The highest BCUT2D eigenvalue weighted by Gasteiger charge is 2.17. The number of hydrogen-bond donors (Lipinski definition) is 2. The number of imidazole rings is 1. The standard InChI is InChI=1S/C18H28N4O2/c1-12-6-16-17(7-13(12)2)22(11-20-16)10-15(23)9-21(5)8-14(3)18(24)19-4/h6-7,11,14-15,23H,8-10H2,1-5H3,(H,19,24). The van der Waals surface area contributed by atoms with E-state index in [0.29, 0.717) is 19.6 Å². The smallest absolute Gasteiger partial charge is 0.223 e. The number of aliphatic hydroxyl groups is 1. The molecule has 0 aliphatic carbocycles. The molecule has 1 heterocycles. The summed E-state index contributed by atoms with van der Waals surface area (Å²) in [5.41, 5.74) is 4.43. The first-order valence-electron chi connectivity index (χ1n) is 8.32. The number of aromatic nitrogens is 2. The van der Waals surface area contributed by atoms with Crippen LogP contribution in [0.25, 0.3) is 11.0 Å². The van der Waals surface area contributed by atoms with Gasteiger partial charge >= 0.3 is 0 Å². The number of benzene rings is 1. The van der Waals surface area contributed by atoms with E-state index in [2.05, 4.69) is 36.3 Å². The highest BCUT2D eigenvalue weighted by molar-refractivity contribution is 5.78. The maximum atomic E-state index is 11.6. The molecule has 2 aromatic rings. The number of carbonyl (C=O) groups excluding carboxylic acids is 1. The fourth-order valence-electron chi connectivity index (χ4n) is 2.97. The van der Waals surface area contributed by atoms with Gasteiger partial charge in [0.1, 0.15) is 0 Å². The Balaban J connectivity index is 1.98. The summed E-state index contributed by atoms with van der Waals surface area (Å²) in [5, 5.41) is 13.0. The van der Waals surface area contributed by atoms with Gasteiger partial charge in [-0.2, -0.15) is 0 Å². The highest BCUT2D eigenvalue weighted by atomic mass is 16.3. The zero-order valence-electron chi connectivity index (χ0n) is 15.2. The van der Waals surface area contributed by atoms with E-state index >= 15 is 0 Å². The van der Waals surface area contributed by atoms with Gasteiger partial charge in [0.15, 0.2) is 0 Å². The summed E-state index contributed by atoms with van der Waals surface area (Å²) < 4.78 is 1.99. The number of hydrogen-bond acceptors (Lipinski definition) is 4. The van der Waals surface area contributed by atoms with E-state index in [1.165, 1.54) is 11.1 Å². The number of amides is 1. The van der Waals surface area contributed by atoms with Crippen LogP contribution in [0.2, 0.25) is 0 Å². The summed E-state index contributed by atoms with van der Waals surface area (Å²) in [6.07, 6.45) is 1.26. The van der Waals surface area contributed by atoms with Crippen molar-refractivity contribution in [3.8, 4) is 0 Å². The molecular formula is C18H28N4O2. The number of fused-ring (bicyclic) bond motifs is 1. The Morgan fingerprint density at radius 3 is 2.67 bits per heavy atom. The fraction of sp³-hybridized carbons (Fsp3) is 0.556. The van der Waals surface area contributed by atoms with Gasteiger partial charge < -0.3 is 19.9 Å². The quantitative estimate of drug-likeness (QED) is 0.802. The molecule has 0 saturated heterocycles. The molecule has 2 atom stereocenters. The molecule has 0 aliphatic heterocycles. The summed E-state index contributed by atoms with van der Waals surface area (Å²) in [6, 6.07) is 4.19. The predicted molar refractivity (Wildman–Crippen MR) is 95.9 cm³/mol. The molecule has 6 heteroatoms. The summed E-state index contributed by atoms with van der Waals surface area (Å²) >= 11 is 0. The van der Waals surface area contributed by atoms with Crippen LogP contribution in [-0.2, 0) is 11.3 Å². The Hall–Kier alpha value is -1.92. The van der Waals surface area contributed by atoms with Gasteiger partial charge in [-0.05, 0) is 44.2 Å². The minimum Gasteiger partial charge on any atom is -0.390 e. The minimum atomic E-state index is -0.522.